The minimum atomic E-state index is -5.13. The Balaban J connectivity index is 1.38. The Hall–Kier alpha value is -6.13. The summed E-state index contributed by atoms with van der Waals surface area (Å²) >= 11 is -3.67. The van der Waals surface area contributed by atoms with E-state index in [0.29, 0.717) is 33.5 Å². The van der Waals surface area contributed by atoms with Crippen LogP contribution in [0.25, 0.3) is 88.4 Å². The van der Waals surface area contributed by atoms with Crippen LogP contribution in [0.3, 0.4) is 0 Å². The average Bonchev–Trinajstić information content (AvgIpc) is 3.53. The molecule has 0 radical (unpaired) electrons. The minimum Gasteiger partial charge on any atom is -0.456 e. The second-order valence-electron chi connectivity index (χ2n) is 11.7. The van der Waals surface area contributed by atoms with Gasteiger partial charge >= 0.3 is 16.6 Å². The molecule has 50 heavy (non-hydrogen) atoms. The average molecular weight is 682 g/mol. The first-order chi connectivity index (χ1) is 24.3. The summed E-state index contributed by atoms with van der Waals surface area (Å²) in [6, 6.07) is 41.1. The highest BCUT2D eigenvalue weighted by Crippen LogP contribution is 2.43. The fourth-order valence-corrected chi connectivity index (χ4v) is 6.99. The van der Waals surface area contributed by atoms with Gasteiger partial charge in [-0.05, 0) is 56.6 Å². The van der Waals surface area contributed by atoms with Gasteiger partial charge in [0, 0.05) is 21.9 Å². The molecule has 9 aromatic rings. The SMILES string of the molecule is O=S(Oc1cc2c3ccccc3c3ccccc3c2cc1-c1nc(-c2ccccc2)nc(-c2cccc3oc4ccccc4c23)n1)C(F)(F)F. The fraction of sp³-hybridized carbons (Fsp3) is 0.0250. The molecular weight excluding hydrogens is 660 g/mol. The van der Waals surface area contributed by atoms with Gasteiger partial charge in [-0.15, -0.1) is 0 Å². The van der Waals surface area contributed by atoms with Crippen molar-refractivity contribution in [2.24, 2.45) is 0 Å². The summed E-state index contributed by atoms with van der Waals surface area (Å²) in [5, 5.41) is 6.57. The number of furan rings is 1. The quantitative estimate of drug-likeness (QED) is 0.168. The maximum atomic E-state index is 13.8. The van der Waals surface area contributed by atoms with E-state index in [1.165, 1.54) is 6.07 Å². The van der Waals surface area contributed by atoms with E-state index >= 15 is 0 Å². The third-order valence-electron chi connectivity index (χ3n) is 8.75. The Kier molecular flexibility index (Phi) is 6.89. The van der Waals surface area contributed by atoms with Gasteiger partial charge in [0.05, 0.1) is 5.56 Å². The van der Waals surface area contributed by atoms with Gasteiger partial charge in [-0.3, -0.25) is 0 Å². The Morgan fingerprint density at radius 1 is 0.520 bits per heavy atom. The number of hydrogen-bond donors (Lipinski definition) is 0. The third-order valence-corrected chi connectivity index (χ3v) is 9.46. The summed E-state index contributed by atoms with van der Waals surface area (Å²) in [5.74, 6) is 0.336. The van der Waals surface area contributed by atoms with Crippen molar-refractivity contribution in [1.29, 1.82) is 0 Å². The van der Waals surface area contributed by atoms with Gasteiger partial charge in [-0.2, -0.15) is 13.2 Å². The van der Waals surface area contributed by atoms with Crippen LogP contribution in [0.4, 0.5) is 13.2 Å². The minimum absolute atomic E-state index is 0.0481. The molecule has 7 aromatic carbocycles. The number of alkyl halides is 3. The van der Waals surface area contributed by atoms with E-state index < -0.39 is 16.6 Å². The van der Waals surface area contributed by atoms with Crippen LogP contribution in [0.15, 0.2) is 138 Å². The number of fused-ring (bicyclic) bond motifs is 9. The summed E-state index contributed by atoms with van der Waals surface area (Å²) in [5.41, 5.74) is -2.38. The second kappa shape index (κ2) is 11.5. The summed E-state index contributed by atoms with van der Waals surface area (Å²) < 4.78 is 65.3. The van der Waals surface area contributed by atoms with Gasteiger partial charge in [-0.25, -0.2) is 19.2 Å². The van der Waals surface area contributed by atoms with Crippen molar-refractivity contribution >= 4 is 65.3 Å². The molecule has 6 nitrogen and oxygen atoms in total. The Labute approximate surface area is 284 Å². The van der Waals surface area contributed by atoms with Gasteiger partial charge in [-0.1, -0.05) is 109 Å². The Bertz CT molecular complexity index is 2820. The van der Waals surface area contributed by atoms with Gasteiger partial charge in [0.2, 0.25) is 0 Å². The van der Waals surface area contributed by atoms with Crippen molar-refractivity contribution in [3.8, 4) is 39.9 Å². The molecule has 9 rings (SSSR count). The van der Waals surface area contributed by atoms with Gasteiger partial charge in [0.15, 0.2) is 23.2 Å². The van der Waals surface area contributed by atoms with E-state index in [1.807, 2.05) is 121 Å². The molecule has 10 heteroatoms. The lowest BCUT2D eigenvalue weighted by molar-refractivity contribution is -0.0437. The van der Waals surface area contributed by atoms with Crippen LogP contribution in [-0.4, -0.2) is 24.7 Å². The zero-order valence-corrected chi connectivity index (χ0v) is 26.6. The standard InChI is InChI=1S/C40H22F3N3O3S/c41-40(42,43)50(47)49-35-22-31-27-16-7-5-14-25(27)24-13-4-6-15-26(24)30(31)21-32(35)39-45-37(23-11-2-1-3-12-23)44-38(46-39)29-18-10-20-34-36(29)28-17-8-9-19-33(28)48-34/h1-22H. The molecule has 0 aliphatic carbocycles. The summed E-state index contributed by atoms with van der Waals surface area (Å²) in [7, 11) is 0. The number of rotatable bonds is 5. The van der Waals surface area contributed by atoms with E-state index in [1.54, 1.807) is 6.07 Å². The molecule has 0 spiro atoms. The number of aromatic nitrogens is 3. The molecular formula is C40H22F3N3O3S. The predicted octanol–water partition coefficient (Wildman–Crippen LogP) is 10.8. The highest BCUT2D eigenvalue weighted by atomic mass is 32.2. The van der Waals surface area contributed by atoms with Crippen molar-refractivity contribution in [3.63, 3.8) is 0 Å². The molecule has 1 unspecified atom stereocenters. The van der Waals surface area contributed by atoms with Crippen molar-refractivity contribution in [1.82, 2.24) is 15.0 Å². The van der Waals surface area contributed by atoms with E-state index in [4.69, 9.17) is 23.6 Å². The number of hydrogen-bond acceptors (Lipinski definition) is 6. The highest BCUT2D eigenvalue weighted by Gasteiger charge is 2.40. The molecule has 2 aromatic heterocycles. The maximum absolute atomic E-state index is 13.8. The molecule has 242 valence electrons. The van der Waals surface area contributed by atoms with Crippen molar-refractivity contribution in [2.45, 2.75) is 5.51 Å². The second-order valence-corrected chi connectivity index (χ2v) is 12.8. The molecule has 1 atom stereocenters. The zero-order valence-electron chi connectivity index (χ0n) is 25.8. The van der Waals surface area contributed by atoms with Crippen molar-refractivity contribution in [3.05, 3.63) is 133 Å². The zero-order chi connectivity index (χ0) is 34.0. The van der Waals surface area contributed by atoms with Gasteiger partial charge < -0.3 is 8.60 Å². The molecule has 0 fully saturated rings. The van der Waals surface area contributed by atoms with Crippen molar-refractivity contribution in [2.75, 3.05) is 0 Å². The molecule has 0 aliphatic heterocycles. The van der Waals surface area contributed by atoms with E-state index in [0.717, 1.165) is 37.7 Å². The first kappa shape index (κ1) is 30.0. The lowest BCUT2D eigenvalue weighted by Gasteiger charge is -2.16. The molecule has 0 saturated heterocycles. The first-order valence-electron chi connectivity index (χ1n) is 15.6. The smallest absolute Gasteiger partial charge is 0.456 e. The van der Waals surface area contributed by atoms with Crippen LogP contribution >= 0.6 is 0 Å². The predicted molar refractivity (Wildman–Crippen MR) is 191 cm³/mol. The summed E-state index contributed by atoms with van der Waals surface area (Å²) in [4.78, 5) is 14.6. The fourth-order valence-electron chi connectivity index (χ4n) is 6.60. The molecule has 0 bridgehead atoms. The van der Waals surface area contributed by atoms with Crippen LogP contribution in [0, 0.1) is 0 Å². The maximum Gasteiger partial charge on any atom is 0.508 e. The van der Waals surface area contributed by atoms with Crippen LogP contribution in [-0.2, 0) is 11.1 Å². The molecule has 0 aliphatic rings. The lowest BCUT2D eigenvalue weighted by atomic mass is 9.93. The number of benzene rings is 7. The van der Waals surface area contributed by atoms with E-state index in [-0.39, 0.29) is 23.0 Å². The van der Waals surface area contributed by atoms with Crippen LogP contribution < -0.4 is 4.18 Å². The van der Waals surface area contributed by atoms with Crippen LogP contribution in [0.1, 0.15) is 0 Å². The molecule has 2 heterocycles. The van der Waals surface area contributed by atoms with E-state index in [9.17, 15) is 17.4 Å². The summed E-state index contributed by atoms with van der Waals surface area (Å²) in [6.07, 6.45) is 0. The number of para-hydroxylation sites is 1. The molecule has 0 N–H and O–H groups in total. The Morgan fingerprint density at radius 2 is 1.04 bits per heavy atom. The van der Waals surface area contributed by atoms with Crippen LogP contribution in [0.5, 0.6) is 5.75 Å². The lowest BCUT2D eigenvalue weighted by Crippen LogP contribution is -2.21. The number of halogens is 3. The van der Waals surface area contributed by atoms with Gasteiger partial charge in [0.25, 0.3) is 0 Å². The molecule has 0 amide bonds. The first-order valence-corrected chi connectivity index (χ1v) is 16.7. The van der Waals surface area contributed by atoms with Crippen LogP contribution in [0.2, 0.25) is 0 Å². The molecule has 0 saturated carbocycles. The van der Waals surface area contributed by atoms with Crippen molar-refractivity contribution < 1.29 is 26.0 Å². The third kappa shape index (κ3) is 4.95. The largest absolute Gasteiger partial charge is 0.508 e. The van der Waals surface area contributed by atoms with E-state index in [2.05, 4.69) is 0 Å². The number of nitrogens with zero attached hydrogens (tertiary/aromatic N) is 3. The highest BCUT2D eigenvalue weighted by molar-refractivity contribution is 7.81. The monoisotopic (exact) mass is 681 g/mol. The summed E-state index contributed by atoms with van der Waals surface area (Å²) in [6.45, 7) is 0. The Morgan fingerprint density at radius 3 is 1.70 bits per heavy atom. The van der Waals surface area contributed by atoms with Gasteiger partial charge in [0.1, 0.15) is 11.2 Å². The normalized spacial score (nSPS) is 12.7. The topological polar surface area (TPSA) is 78.1 Å².